The van der Waals surface area contributed by atoms with E-state index in [-0.39, 0.29) is 0 Å². The summed E-state index contributed by atoms with van der Waals surface area (Å²) in [5, 5.41) is 0. The number of ketones is 1. The van der Waals surface area contributed by atoms with E-state index in [0.717, 1.165) is 44.3 Å². The zero-order valence-corrected chi connectivity index (χ0v) is 12.0. The molecule has 0 N–H and O–H groups in total. The maximum absolute atomic E-state index is 12.1. The minimum Gasteiger partial charge on any atom is -0.347 e. The number of aromatic nitrogens is 3. The van der Waals surface area contributed by atoms with E-state index in [0.29, 0.717) is 12.2 Å². The molecule has 2 aromatic heterocycles. The Bertz CT molecular complexity index is 609. The highest BCUT2D eigenvalue weighted by molar-refractivity contribution is 5.97. The lowest BCUT2D eigenvalue weighted by Crippen LogP contribution is -2.06. The number of Topliss-reactive ketones (excluding diaryl/α,β-unsaturated/α-hetero) is 1. The largest absolute Gasteiger partial charge is 0.347 e. The first-order chi connectivity index (χ1) is 9.78. The molecule has 2 aromatic rings. The molecule has 0 saturated carbocycles. The Morgan fingerprint density at radius 3 is 2.95 bits per heavy atom. The molecular formula is C16H21N3O. The van der Waals surface area contributed by atoms with Gasteiger partial charge < -0.3 is 9.13 Å². The highest BCUT2D eigenvalue weighted by Crippen LogP contribution is 2.22. The lowest BCUT2D eigenvalue weighted by atomic mass is 10.1. The van der Waals surface area contributed by atoms with Crippen molar-refractivity contribution in [1.82, 2.24) is 14.1 Å². The Morgan fingerprint density at radius 2 is 2.10 bits per heavy atom. The van der Waals surface area contributed by atoms with Crippen LogP contribution in [0.3, 0.4) is 0 Å². The summed E-state index contributed by atoms with van der Waals surface area (Å²) in [4.78, 5) is 16.3. The molecule has 0 aromatic carbocycles. The van der Waals surface area contributed by atoms with Gasteiger partial charge in [0.2, 0.25) is 0 Å². The molecule has 0 saturated heterocycles. The second kappa shape index (κ2) is 5.65. The molecule has 0 amide bonds. The monoisotopic (exact) mass is 271 g/mol. The Hall–Kier alpha value is -1.84. The minimum atomic E-state index is 0.304. The maximum Gasteiger partial charge on any atom is 0.164 e. The van der Waals surface area contributed by atoms with Gasteiger partial charge in [0.05, 0.1) is 18.6 Å². The van der Waals surface area contributed by atoms with Gasteiger partial charge in [0, 0.05) is 37.1 Å². The molecule has 0 aliphatic heterocycles. The zero-order valence-electron chi connectivity index (χ0n) is 12.0. The van der Waals surface area contributed by atoms with Crippen LogP contribution in [0.4, 0.5) is 0 Å². The van der Waals surface area contributed by atoms with Gasteiger partial charge in [-0.3, -0.25) is 4.79 Å². The van der Waals surface area contributed by atoms with E-state index in [2.05, 4.69) is 27.2 Å². The predicted molar refractivity (Wildman–Crippen MR) is 77.9 cm³/mol. The van der Waals surface area contributed by atoms with Gasteiger partial charge in [-0.15, -0.1) is 0 Å². The Balaban J connectivity index is 1.83. The lowest BCUT2D eigenvalue weighted by Gasteiger charge is -2.07. The summed E-state index contributed by atoms with van der Waals surface area (Å²) >= 11 is 0. The van der Waals surface area contributed by atoms with Crippen molar-refractivity contribution in [3.05, 3.63) is 41.7 Å². The molecule has 20 heavy (non-hydrogen) atoms. The fraction of sp³-hybridized carbons (Fsp3) is 0.500. The van der Waals surface area contributed by atoms with Gasteiger partial charge in [-0.05, 0) is 31.2 Å². The molecule has 4 nitrogen and oxygen atoms in total. The summed E-state index contributed by atoms with van der Waals surface area (Å²) in [6, 6.07) is 0. The zero-order chi connectivity index (χ0) is 13.9. The third kappa shape index (κ3) is 2.55. The normalized spacial score (nSPS) is 15.2. The number of carbonyl (C=O) groups is 1. The van der Waals surface area contributed by atoms with Gasteiger partial charge in [0.25, 0.3) is 0 Å². The molecule has 3 rings (SSSR count). The molecule has 0 bridgehead atoms. The summed E-state index contributed by atoms with van der Waals surface area (Å²) in [5.41, 5.74) is 3.35. The van der Waals surface area contributed by atoms with E-state index in [1.807, 2.05) is 18.7 Å². The number of rotatable bonds is 4. The first-order valence-corrected chi connectivity index (χ1v) is 7.48. The Labute approximate surface area is 119 Å². The van der Waals surface area contributed by atoms with Gasteiger partial charge >= 0.3 is 0 Å². The topological polar surface area (TPSA) is 39.8 Å². The van der Waals surface area contributed by atoms with Crippen molar-refractivity contribution >= 4 is 5.78 Å². The number of hydrogen-bond acceptors (Lipinski definition) is 2. The van der Waals surface area contributed by atoms with E-state index in [1.165, 1.54) is 11.3 Å². The van der Waals surface area contributed by atoms with Crippen LogP contribution >= 0.6 is 0 Å². The van der Waals surface area contributed by atoms with Crippen LogP contribution in [-0.4, -0.2) is 19.9 Å². The number of carbonyl (C=O) groups excluding carboxylic acids is 1. The van der Waals surface area contributed by atoms with Crippen LogP contribution in [0.1, 0.15) is 54.2 Å². The average molecular weight is 271 g/mol. The second-order valence-electron chi connectivity index (χ2n) is 5.58. The molecule has 0 spiro atoms. The van der Waals surface area contributed by atoms with E-state index in [1.54, 1.807) is 0 Å². The Morgan fingerprint density at radius 1 is 1.25 bits per heavy atom. The van der Waals surface area contributed by atoms with Crippen LogP contribution in [0.15, 0.2) is 24.9 Å². The van der Waals surface area contributed by atoms with Crippen LogP contribution in [0, 0.1) is 0 Å². The van der Waals surface area contributed by atoms with Gasteiger partial charge in [-0.2, -0.15) is 0 Å². The molecular weight excluding hydrogens is 250 g/mol. The predicted octanol–water partition coefficient (Wildman–Crippen LogP) is 3.05. The number of hydrogen-bond donors (Lipinski definition) is 0. The molecule has 2 heterocycles. The molecule has 106 valence electrons. The minimum absolute atomic E-state index is 0.304. The number of fused-ring (bicyclic) bond motifs is 1. The molecule has 0 unspecified atom stereocenters. The summed E-state index contributed by atoms with van der Waals surface area (Å²) in [7, 11) is 0. The standard InChI is InChI=1S/C16H21N3O/c1-2-7-19-12-17-8-14(19)10-18-9-13-5-3-4-6-16(20)15(13)11-18/h8-9,11-12H,2-7,10H2,1H3. The van der Waals surface area contributed by atoms with Crippen molar-refractivity contribution in [2.45, 2.75) is 52.1 Å². The first kappa shape index (κ1) is 13.2. The van der Waals surface area contributed by atoms with Gasteiger partial charge in [-0.25, -0.2) is 4.98 Å². The van der Waals surface area contributed by atoms with Crippen molar-refractivity contribution in [2.75, 3.05) is 0 Å². The van der Waals surface area contributed by atoms with Crippen molar-refractivity contribution in [2.24, 2.45) is 0 Å². The van der Waals surface area contributed by atoms with Crippen LogP contribution in [-0.2, 0) is 19.5 Å². The molecule has 0 atom stereocenters. The van der Waals surface area contributed by atoms with Gasteiger partial charge in [0.1, 0.15) is 0 Å². The van der Waals surface area contributed by atoms with Crippen LogP contribution < -0.4 is 0 Å². The average Bonchev–Trinajstić information content (AvgIpc) is 2.99. The third-order valence-corrected chi connectivity index (χ3v) is 3.97. The van der Waals surface area contributed by atoms with Crippen LogP contribution in [0.5, 0.6) is 0 Å². The molecule has 0 radical (unpaired) electrons. The quantitative estimate of drug-likeness (QED) is 0.802. The summed E-state index contributed by atoms with van der Waals surface area (Å²) in [6.45, 7) is 3.95. The molecule has 0 fully saturated rings. The molecule has 4 heteroatoms. The summed E-state index contributed by atoms with van der Waals surface area (Å²) < 4.78 is 4.32. The molecule has 1 aliphatic rings. The first-order valence-electron chi connectivity index (χ1n) is 7.48. The smallest absolute Gasteiger partial charge is 0.164 e. The fourth-order valence-corrected chi connectivity index (χ4v) is 2.94. The summed E-state index contributed by atoms with van der Waals surface area (Å²) in [5.74, 6) is 0.304. The molecule has 1 aliphatic carbocycles. The third-order valence-electron chi connectivity index (χ3n) is 3.97. The van der Waals surface area contributed by atoms with E-state index < -0.39 is 0 Å². The number of nitrogens with zero attached hydrogens (tertiary/aromatic N) is 3. The van der Waals surface area contributed by atoms with Crippen molar-refractivity contribution in [3.8, 4) is 0 Å². The van der Waals surface area contributed by atoms with Crippen molar-refractivity contribution in [3.63, 3.8) is 0 Å². The van der Waals surface area contributed by atoms with Crippen molar-refractivity contribution in [1.29, 1.82) is 0 Å². The number of aryl methyl sites for hydroxylation is 2. The summed E-state index contributed by atoms with van der Waals surface area (Å²) in [6.07, 6.45) is 12.9. The Kier molecular flexibility index (Phi) is 3.72. The second-order valence-corrected chi connectivity index (χ2v) is 5.58. The van der Waals surface area contributed by atoms with E-state index in [9.17, 15) is 4.79 Å². The van der Waals surface area contributed by atoms with Gasteiger partial charge in [0.15, 0.2) is 5.78 Å². The van der Waals surface area contributed by atoms with Crippen LogP contribution in [0.25, 0.3) is 0 Å². The highest BCUT2D eigenvalue weighted by atomic mass is 16.1. The van der Waals surface area contributed by atoms with E-state index in [4.69, 9.17) is 0 Å². The highest BCUT2D eigenvalue weighted by Gasteiger charge is 2.17. The van der Waals surface area contributed by atoms with Gasteiger partial charge in [-0.1, -0.05) is 6.92 Å². The lowest BCUT2D eigenvalue weighted by molar-refractivity contribution is 0.0982. The van der Waals surface area contributed by atoms with E-state index >= 15 is 0 Å². The number of imidazole rings is 1. The fourth-order valence-electron chi connectivity index (χ4n) is 2.94. The van der Waals surface area contributed by atoms with Crippen molar-refractivity contribution < 1.29 is 4.79 Å². The maximum atomic E-state index is 12.1. The SMILES string of the molecule is CCCn1cncc1Cn1cc2c(c1)C(=O)CCCC2. The van der Waals surface area contributed by atoms with Crippen LogP contribution in [0.2, 0.25) is 0 Å².